The second kappa shape index (κ2) is 7.63. The second-order valence-corrected chi connectivity index (χ2v) is 8.32. The number of nitrogens with zero attached hydrogens (tertiary/aromatic N) is 6. The number of rotatable bonds is 3. The number of hydrogen-bond acceptors (Lipinski definition) is 6. The fraction of sp³-hybridized carbons (Fsp3) is 0.500. The van der Waals surface area contributed by atoms with Crippen LogP contribution in [0.2, 0.25) is 0 Å². The lowest BCUT2D eigenvalue weighted by Gasteiger charge is -2.35. The van der Waals surface area contributed by atoms with E-state index in [2.05, 4.69) is 51.0 Å². The molecule has 1 aromatic carbocycles. The molecule has 0 spiro atoms. The lowest BCUT2D eigenvalue weighted by molar-refractivity contribution is 0.312. The quantitative estimate of drug-likeness (QED) is 0.741. The smallest absolute Gasteiger partial charge is 0.134 e. The van der Waals surface area contributed by atoms with Gasteiger partial charge in [-0.15, -0.1) is 0 Å². The number of hydrogen-bond donors (Lipinski definition) is 1. The number of fused-ring (bicyclic) bond motifs is 1. The van der Waals surface area contributed by atoms with E-state index in [0.717, 1.165) is 86.4 Å². The molecule has 152 valence electrons. The third kappa shape index (κ3) is 3.79. The Morgan fingerprint density at radius 1 is 0.862 bits per heavy atom. The monoisotopic (exact) mass is 391 g/mol. The van der Waals surface area contributed by atoms with Gasteiger partial charge in [0, 0.05) is 51.3 Å². The van der Waals surface area contributed by atoms with Gasteiger partial charge in [0.15, 0.2) is 0 Å². The van der Waals surface area contributed by atoms with Crippen LogP contribution in [0.5, 0.6) is 0 Å². The number of likely N-dealkylation sites (N-methyl/N-ethyl adjacent to an activating group) is 1. The summed E-state index contributed by atoms with van der Waals surface area (Å²) in [6, 6.07) is 10.5. The van der Waals surface area contributed by atoms with Gasteiger partial charge in [0.2, 0.25) is 0 Å². The minimum absolute atomic E-state index is 0.485. The van der Waals surface area contributed by atoms with Crippen molar-refractivity contribution in [1.29, 1.82) is 0 Å². The summed E-state index contributed by atoms with van der Waals surface area (Å²) in [4.78, 5) is 25.0. The Morgan fingerprint density at radius 2 is 1.52 bits per heavy atom. The summed E-state index contributed by atoms with van der Waals surface area (Å²) in [6.45, 7) is 8.23. The van der Waals surface area contributed by atoms with Crippen LogP contribution in [0, 0.1) is 6.92 Å². The van der Waals surface area contributed by atoms with E-state index >= 15 is 0 Å². The minimum atomic E-state index is 0.485. The lowest BCUT2D eigenvalue weighted by atomic mass is 9.96. The zero-order chi connectivity index (χ0) is 19.8. The van der Waals surface area contributed by atoms with Crippen LogP contribution in [0.25, 0.3) is 11.0 Å². The van der Waals surface area contributed by atoms with Crippen molar-refractivity contribution in [2.24, 2.45) is 0 Å². The van der Waals surface area contributed by atoms with Crippen LogP contribution in [-0.2, 0) is 0 Å². The largest absolute Gasteiger partial charge is 0.356 e. The molecule has 0 bridgehead atoms. The van der Waals surface area contributed by atoms with Crippen molar-refractivity contribution < 1.29 is 0 Å². The highest BCUT2D eigenvalue weighted by atomic mass is 15.3. The van der Waals surface area contributed by atoms with E-state index in [1.54, 1.807) is 0 Å². The number of benzene rings is 1. The minimum Gasteiger partial charge on any atom is -0.356 e. The van der Waals surface area contributed by atoms with Crippen molar-refractivity contribution in [3.63, 3.8) is 0 Å². The number of para-hydroxylation sites is 2. The average molecular weight is 392 g/mol. The maximum absolute atomic E-state index is 4.82. The second-order valence-electron chi connectivity index (χ2n) is 8.32. The zero-order valence-corrected chi connectivity index (χ0v) is 17.3. The summed E-state index contributed by atoms with van der Waals surface area (Å²) >= 11 is 0. The van der Waals surface area contributed by atoms with Crippen molar-refractivity contribution in [1.82, 2.24) is 24.8 Å². The zero-order valence-electron chi connectivity index (χ0n) is 17.3. The van der Waals surface area contributed by atoms with Crippen LogP contribution in [0.4, 0.5) is 11.6 Å². The summed E-state index contributed by atoms with van der Waals surface area (Å²) in [7, 11) is 2.18. The van der Waals surface area contributed by atoms with E-state index in [-0.39, 0.29) is 0 Å². The van der Waals surface area contributed by atoms with Crippen molar-refractivity contribution in [3.8, 4) is 0 Å². The number of piperazine rings is 1. The number of nitrogens with one attached hydrogen (secondary N) is 1. The Hall–Kier alpha value is -2.67. The van der Waals surface area contributed by atoms with E-state index in [9.17, 15) is 0 Å². The first-order valence-electron chi connectivity index (χ1n) is 10.6. The number of aromatic amines is 1. The van der Waals surface area contributed by atoms with Gasteiger partial charge in [-0.3, -0.25) is 0 Å². The first-order chi connectivity index (χ1) is 14.2. The maximum Gasteiger partial charge on any atom is 0.134 e. The molecule has 0 atom stereocenters. The Morgan fingerprint density at radius 3 is 2.21 bits per heavy atom. The highest BCUT2D eigenvalue weighted by Gasteiger charge is 2.25. The van der Waals surface area contributed by atoms with Crippen LogP contribution in [-0.4, -0.2) is 71.2 Å². The molecule has 5 rings (SSSR count). The van der Waals surface area contributed by atoms with Crippen LogP contribution in [0.1, 0.15) is 30.4 Å². The van der Waals surface area contributed by atoms with Crippen molar-refractivity contribution in [2.75, 3.05) is 56.1 Å². The molecule has 3 aromatic rings. The average Bonchev–Trinajstić information content (AvgIpc) is 3.18. The molecule has 0 saturated carbocycles. The molecule has 1 N–H and O–H groups in total. The molecule has 0 unspecified atom stereocenters. The van der Waals surface area contributed by atoms with E-state index in [1.165, 1.54) is 0 Å². The number of piperidine rings is 1. The van der Waals surface area contributed by atoms with Crippen LogP contribution in [0.3, 0.4) is 0 Å². The molecular weight excluding hydrogens is 362 g/mol. The molecular formula is C22H29N7. The summed E-state index contributed by atoms with van der Waals surface area (Å²) in [5, 5.41) is 0. The number of aryl methyl sites for hydroxylation is 1. The van der Waals surface area contributed by atoms with E-state index in [1.807, 2.05) is 13.0 Å². The molecule has 2 aliphatic heterocycles. The highest BCUT2D eigenvalue weighted by molar-refractivity contribution is 5.74. The summed E-state index contributed by atoms with van der Waals surface area (Å²) < 4.78 is 0. The Bertz CT molecular complexity index is 949. The molecule has 2 saturated heterocycles. The van der Waals surface area contributed by atoms with Crippen molar-refractivity contribution in [2.45, 2.75) is 25.7 Å². The molecule has 4 heterocycles. The van der Waals surface area contributed by atoms with E-state index in [0.29, 0.717) is 5.92 Å². The van der Waals surface area contributed by atoms with Crippen molar-refractivity contribution >= 4 is 22.7 Å². The van der Waals surface area contributed by atoms with Gasteiger partial charge in [-0.2, -0.15) is 0 Å². The number of anilines is 2. The Kier molecular flexibility index (Phi) is 4.83. The molecule has 0 aliphatic carbocycles. The van der Waals surface area contributed by atoms with Gasteiger partial charge in [-0.1, -0.05) is 12.1 Å². The topological polar surface area (TPSA) is 64.2 Å². The standard InChI is InChI=1S/C22H29N7/c1-16-23-20(15-21(24-16)29-13-11-27(2)12-14-29)28-9-7-17(8-10-28)22-25-18-5-3-4-6-19(18)26-22/h3-6,15,17H,7-14H2,1-2H3,(H,25,26). The van der Waals surface area contributed by atoms with Gasteiger partial charge in [0.05, 0.1) is 11.0 Å². The molecule has 2 aliphatic rings. The Labute approximate surface area is 171 Å². The molecule has 0 amide bonds. The molecule has 7 heteroatoms. The Balaban J connectivity index is 1.29. The van der Waals surface area contributed by atoms with Gasteiger partial charge in [-0.05, 0) is 38.9 Å². The van der Waals surface area contributed by atoms with Crippen LogP contribution < -0.4 is 9.80 Å². The van der Waals surface area contributed by atoms with Gasteiger partial charge >= 0.3 is 0 Å². The van der Waals surface area contributed by atoms with Crippen LogP contribution >= 0.6 is 0 Å². The third-order valence-corrected chi connectivity index (χ3v) is 6.25. The van der Waals surface area contributed by atoms with Gasteiger partial charge in [-0.25, -0.2) is 15.0 Å². The molecule has 2 fully saturated rings. The van der Waals surface area contributed by atoms with Gasteiger partial charge < -0.3 is 19.7 Å². The molecule has 2 aromatic heterocycles. The maximum atomic E-state index is 4.82. The van der Waals surface area contributed by atoms with E-state index in [4.69, 9.17) is 15.0 Å². The number of aromatic nitrogens is 4. The van der Waals surface area contributed by atoms with Gasteiger partial charge in [0.1, 0.15) is 23.3 Å². The van der Waals surface area contributed by atoms with Crippen LogP contribution in [0.15, 0.2) is 30.3 Å². The normalized spacial score (nSPS) is 19.2. The van der Waals surface area contributed by atoms with E-state index < -0.39 is 0 Å². The lowest BCUT2D eigenvalue weighted by Crippen LogP contribution is -2.45. The van der Waals surface area contributed by atoms with Crippen molar-refractivity contribution in [3.05, 3.63) is 42.0 Å². The molecule has 29 heavy (non-hydrogen) atoms. The number of imidazole rings is 1. The predicted octanol–water partition coefficient (Wildman–Crippen LogP) is 2.80. The predicted molar refractivity (Wildman–Crippen MR) is 117 cm³/mol. The first kappa shape index (κ1) is 18.4. The summed E-state index contributed by atoms with van der Waals surface area (Å²) in [5.74, 6) is 4.60. The first-order valence-corrected chi connectivity index (χ1v) is 10.6. The number of H-pyrrole nitrogens is 1. The third-order valence-electron chi connectivity index (χ3n) is 6.25. The molecule has 0 radical (unpaired) electrons. The fourth-order valence-corrected chi connectivity index (χ4v) is 4.44. The highest BCUT2D eigenvalue weighted by Crippen LogP contribution is 2.30. The molecule has 7 nitrogen and oxygen atoms in total. The fourth-order valence-electron chi connectivity index (χ4n) is 4.44. The van der Waals surface area contributed by atoms with Gasteiger partial charge in [0.25, 0.3) is 0 Å². The summed E-state index contributed by atoms with van der Waals surface area (Å²) in [6.07, 6.45) is 2.18. The summed E-state index contributed by atoms with van der Waals surface area (Å²) in [5.41, 5.74) is 2.20. The SMILES string of the molecule is Cc1nc(N2CCC(c3nc4ccccc4[nH]3)CC2)cc(N2CCN(C)CC2)n1.